The smallest absolute Gasteiger partial charge is 0.255 e. The van der Waals surface area contributed by atoms with Crippen LogP contribution >= 0.6 is 0 Å². The van der Waals surface area contributed by atoms with Gasteiger partial charge in [0.25, 0.3) is 5.91 Å². The lowest BCUT2D eigenvalue weighted by molar-refractivity contribution is 0.102. The summed E-state index contributed by atoms with van der Waals surface area (Å²) in [4.78, 5) is 16.0. The molecule has 98 valence electrons. The molecule has 0 spiro atoms. The van der Waals surface area contributed by atoms with E-state index in [4.69, 9.17) is 5.26 Å². The molecule has 1 aliphatic rings. The van der Waals surface area contributed by atoms with Gasteiger partial charge in [0.2, 0.25) is 0 Å². The highest BCUT2D eigenvalue weighted by Gasteiger charge is 2.12. The maximum atomic E-state index is 12.1. The van der Waals surface area contributed by atoms with Crippen molar-refractivity contribution in [2.24, 2.45) is 0 Å². The monoisotopic (exact) mass is 263 g/mol. The maximum absolute atomic E-state index is 12.1. The molecule has 0 radical (unpaired) electrons. The average Bonchev–Trinajstić information content (AvgIpc) is 2.95. The lowest BCUT2D eigenvalue weighted by Crippen LogP contribution is -2.12. The van der Waals surface area contributed by atoms with Gasteiger partial charge in [0, 0.05) is 17.4 Å². The minimum Gasteiger partial charge on any atom is -0.322 e. The second-order valence-corrected chi connectivity index (χ2v) is 4.83. The molecule has 4 heteroatoms. The lowest BCUT2D eigenvalue weighted by Gasteiger charge is -2.07. The summed E-state index contributed by atoms with van der Waals surface area (Å²) in [5.74, 6) is -0.221. The number of rotatable bonds is 2. The number of nitriles is 1. The number of fused-ring (bicyclic) bond motifs is 1. The van der Waals surface area contributed by atoms with E-state index in [9.17, 15) is 4.79 Å². The molecule has 20 heavy (non-hydrogen) atoms. The second-order valence-electron chi connectivity index (χ2n) is 4.83. The first-order chi connectivity index (χ1) is 9.76. The topological polar surface area (TPSA) is 65.8 Å². The Morgan fingerprint density at radius 3 is 2.90 bits per heavy atom. The van der Waals surface area contributed by atoms with E-state index in [1.165, 1.54) is 29.8 Å². The number of carbonyl (C=O) groups excluding carboxylic acids is 1. The SMILES string of the molecule is N#Cc1cc(C(=O)Nc2ccc3c(c2)CCC3)ccn1. The lowest BCUT2D eigenvalue weighted by atomic mass is 10.1. The van der Waals surface area contributed by atoms with Crippen molar-refractivity contribution in [2.75, 3.05) is 5.32 Å². The Hall–Kier alpha value is -2.67. The number of carbonyl (C=O) groups is 1. The summed E-state index contributed by atoms with van der Waals surface area (Å²) in [6, 6.07) is 11.1. The fourth-order valence-electron chi connectivity index (χ4n) is 2.49. The predicted molar refractivity (Wildman–Crippen MR) is 75.4 cm³/mol. The van der Waals surface area contributed by atoms with Gasteiger partial charge in [-0.3, -0.25) is 4.79 Å². The molecule has 0 bridgehead atoms. The number of hydrogen-bond acceptors (Lipinski definition) is 3. The van der Waals surface area contributed by atoms with Crippen LogP contribution in [0.4, 0.5) is 5.69 Å². The highest BCUT2D eigenvalue weighted by atomic mass is 16.1. The molecule has 1 aromatic carbocycles. The Labute approximate surface area is 117 Å². The van der Waals surface area contributed by atoms with Crippen LogP contribution in [-0.4, -0.2) is 10.9 Å². The van der Waals surface area contributed by atoms with Crippen LogP contribution in [0.15, 0.2) is 36.5 Å². The average molecular weight is 263 g/mol. The minimum atomic E-state index is -0.221. The number of hydrogen-bond donors (Lipinski definition) is 1. The number of aromatic nitrogens is 1. The van der Waals surface area contributed by atoms with E-state index in [0.717, 1.165) is 18.5 Å². The predicted octanol–water partition coefficient (Wildman–Crippen LogP) is 2.69. The first-order valence-electron chi connectivity index (χ1n) is 6.55. The zero-order valence-corrected chi connectivity index (χ0v) is 10.9. The van der Waals surface area contributed by atoms with Crippen LogP contribution in [0, 0.1) is 11.3 Å². The van der Waals surface area contributed by atoms with Crippen molar-refractivity contribution in [2.45, 2.75) is 19.3 Å². The third-order valence-corrected chi connectivity index (χ3v) is 3.49. The van der Waals surface area contributed by atoms with Gasteiger partial charge < -0.3 is 5.32 Å². The largest absolute Gasteiger partial charge is 0.322 e. The third-order valence-electron chi connectivity index (χ3n) is 3.49. The molecule has 0 saturated heterocycles. The number of pyridine rings is 1. The van der Waals surface area contributed by atoms with Crippen LogP contribution in [0.3, 0.4) is 0 Å². The van der Waals surface area contributed by atoms with Crippen molar-refractivity contribution in [3.63, 3.8) is 0 Å². The fourth-order valence-corrected chi connectivity index (χ4v) is 2.49. The number of anilines is 1. The molecule has 0 fully saturated rings. The minimum absolute atomic E-state index is 0.221. The molecule has 1 heterocycles. The van der Waals surface area contributed by atoms with Crippen molar-refractivity contribution >= 4 is 11.6 Å². The number of benzene rings is 1. The molecule has 1 N–H and O–H groups in total. The molecule has 2 aromatic rings. The molecule has 1 aliphatic carbocycles. The van der Waals surface area contributed by atoms with Crippen LogP contribution < -0.4 is 5.32 Å². The number of aryl methyl sites for hydroxylation is 2. The van der Waals surface area contributed by atoms with Crippen LogP contribution in [0.1, 0.15) is 33.6 Å². The van der Waals surface area contributed by atoms with Crippen LogP contribution in [0.25, 0.3) is 0 Å². The van der Waals surface area contributed by atoms with Gasteiger partial charge in [-0.05, 0) is 54.7 Å². The standard InChI is InChI=1S/C16H13N3O/c17-10-15-9-13(6-7-18-15)16(20)19-14-5-4-11-2-1-3-12(11)8-14/h4-9H,1-3H2,(H,19,20). The quantitative estimate of drug-likeness (QED) is 0.905. The van der Waals surface area contributed by atoms with Gasteiger partial charge in [0.15, 0.2) is 0 Å². The Morgan fingerprint density at radius 2 is 2.05 bits per heavy atom. The van der Waals surface area contributed by atoms with Crippen molar-refractivity contribution in [1.82, 2.24) is 4.98 Å². The summed E-state index contributed by atoms with van der Waals surface area (Å²) in [6.07, 6.45) is 4.85. The molecule has 0 aliphatic heterocycles. The maximum Gasteiger partial charge on any atom is 0.255 e. The Balaban J connectivity index is 1.80. The van der Waals surface area contributed by atoms with Crippen molar-refractivity contribution < 1.29 is 4.79 Å². The highest BCUT2D eigenvalue weighted by molar-refractivity contribution is 6.04. The molecule has 3 rings (SSSR count). The van der Waals surface area contributed by atoms with Gasteiger partial charge in [-0.15, -0.1) is 0 Å². The van der Waals surface area contributed by atoms with Gasteiger partial charge in [-0.1, -0.05) is 6.07 Å². The number of nitrogens with one attached hydrogen (secondary N) is 1. The van der Waals surface area contributed by atoms with Crippen molar-refractivity contribution in [3.8, 4) is 6.07 Å². The third kappa shape index (κ3) is 2.39. The van der Waals surface area contributed by atoms with Gasteiger partial charge in [-0.25, -0.2) is 4.98 Å². The van der Waals surface area contributed by atoms with E-state index in [1.54, 1.807) is 6.07 Å². The molecular formula is C16H13N3O. The van der Waals surface area contributed by atoms with E-state index in [1.807, 2.05) is 18.2 Å². The zero-order chi connectivity index (χ0) is 13.9. The normalized spacial score (nSPS) is 12.6. The highest BCUT2D eigenvalue weighted by Crippen LogP contribution is 2.25. The molecule has 0 atom stereocenters. The fraction of sp³-hybridized carbons (Fsp3) is 0.188. The molecule has 0 saturated carbocycles. The van der Waals surface area contributed by atoms with Gasteiger partial charge in [-0.2, -0.15) is 5.26 Å². The Kier molecular flexibility index (Phi) is 3.18. The van der Waals surface area contributed by atoms with Crippen molar-refractivity contribution in [1.29, 1.82) is 5.26 Å². The first-order valence-corrected chi connectivity index (χ1v) is 6.55. The number of amides is 1. The molecule has 4 nitrogen and oxygen atoms in total. The van der Waals surface area contributed by atoms with Gasteiger partial charge >= 0.3 is 0 Å². The van der Waals surface area contributed by atoms with Crippen LogP contribution in [0.2, 0.25) is 0 Å². The van der Waals surface area contributed by atoms with E-state index in [2.05, 4.69) is 16.4 Å². The summed E-state index contributed by atoms with van der Waals surface area (Å²) in [6.45, 7) is 0. The molecule has 0 unspecified atom stereocenters. The Bertz CT molecular complexity index is 716. The molecule has 1 aromatic heterocycles. The Morgan fingerprint density at radius 1 is 1.20 bits per heavy atom. The summed E-state index contributed by atoms with van der Waals surface area (Å²) < 4.78 is 0. The van der Waals surface area contributed by atoms with Gasteiger partial charge in [0.1, 0.15) is 11.8 Å². The summed E-state index contributed by atoms with van der Waals surface area (Å²) in [7, 11) is 0. The van der Waals surface area contributed by atoms with E-state index in [-0.39, 0.29) is 11.6 Å². The zero-order valence-electron chi connectivity index (χ0n) is 10.9. The van der Waals surface area contributed by atoms with E-state index < -0.39 is 0 Å². The molecule has 1 amide bonds. The molecular weight excluding hydrogens is 250 g/mol. The number of nitrogens with zero attached hydrogens (tertiary/aromatic N) is 2. The summed E-state index contributed by atoms with van der Waals surface area (Å²) >= 11 is 0. The van der Waals surface area contributed by atoms with Crippen LogP contribution in [-0.2, 0) is 12.8 Å². The second kappa shape index (κ2) is 5.14. The van der Waals surface area contributed by atoms with Crippen LogP contribution in [0.5, 0.6) is 0 Å². The van der Waals surface area contributed by atoms with E-state index in [0.29, 0.717) is 5.56 Å². The van der Waals surface area contributed by atoms with Crippen molar-refractivity contribution in [3.05, 3.63) is 58.9 Å². The van der Waals surface area contributed by atoms with Gasteiger partial charge in [0.05, 0.1) is 0 Å². The summed E-state index contributed by atoms with van der Waals surface area (Å²) in [5.41, 5.74) is 4.17. The van der Waals surface area contributed by atoms with E-state index >= 15 is 0 Å². The summed E-state index contributed by atoms with van der Waals surface area (Å²) in [5, 5.41) is 11.7. The first kappa shape index (κ1) is 12.4.